The molecule has 6 aromatic rings. The summed E-state index contributed by atoms with van der Waals surface area (Å²) in [6.45, 7) is 0. The van der Waals surface area contributed by atoms with E-state index >= 15 is 0 Å². The minimum Gasteiger partial charge on any atom is -0.304 e. The number of fused-ring (bicyclic) bond motifs is 7. The predicted molar refractivity (Wildman–Crippen MR) is 93.7 cm³/mol. The van der Waals surface area contributed by atoms with Crippen LogP contribution in [0.1, 0.15) is 0 Å². The van der Waals surface area contributed by atoms with E-state index in [9.17, 15) is 0 Å². The summed E-state index contributed by atoms with van der Waals surface area (Å²) in [5.74, 6) is 0. The summed E-state index contributed by atoms with van der Waals surface area (Å²) in [6.07, 6.45) is 0. The number of aromatic nitrogens is 7. The van der Waals surface area contributed by atoms with Crippen LogP contribution in [0, 0.1) is 0 Å². The van der Waals surface area contributed by atoms with Crippen molar-refractivity contribution in [2.45, 2.75) is 0 Å². The Bertz CT molecular complexity index is 1390. The van der Waals surface area contributed by atoms with Crippen molar-refractivity contribution in [3.8, 4) is 5.69 Å². The van der Waals surface area contributed by atoms with Gasteiger partial charge in [-0.15, -0.1) is 30.6 Å². The fraction of sp³-hybridized carbons (Fsp3) is 0. The van der Waals surface area contributed by atoms with Gasteiger partial charge < -0.3 is 4.57 Å². The quantitative estimate of drug-likeness (QED) is 0.463. The van der Waals surface area contributed by atoms with Gasteiger partial charge in [0, 0.05) is 5.69 Å². The Labute approximate surface area is 140 Å². The smallest absolute Gasteiger partial charge is 0.145 e. The van der Waals surface area contributed by atoms with Gasteiger partial charge in [-0.05, 0) is 24.3 Å². The normalized spacial score (nSPS) is 12.0. The maximum atomic E-state index is 4.48. The number of para-hydroxylation sites is 2. The molecule has 0 amide bonds. The molecule has 0 aliphatic heterocycles. The highest BCUT2D eigenvalue weighted by atomic mass is 15.2. The average Bonchev–Trinajstić information content (AvgIpc) is 2.76. The lowest BCUT2D eigenvalue weighted by atomic mass is 10.1. The molecule has 0 unspecified atom stereocenters. The molecule has 0 radical (unpaired) electrons. The van der Waals surface area contributed by atoms with Gasteiger partial charge in [-0.1, -0.05) is 30.3 Å². The fourth-order valence-corrected chi connectivity index (χ4v) is 3.28. The van der Waals surface area contributed by atoms with Crippen molar-refractivity contribution in [2.24, 2.45) is 0 Å². The molecule has 0 aliphatic rings. The lowest BCUT2D eigenvalue weighted by molar-refractivity contribution is 1.02. The third-order valence-corrected chi connectivity index (χ3v) is 4.46. The largest absolute Gasteiger partial charge is 0.304 e. The Morgan fingerprint density at radius 1 is 0.520 bits per heavy atom. The van der Waals surface area contributed by atoms with Gasteiger partial charge in [-0.25, -0.2) is 0 Å². The van der Waals surface area contributed by atoms with E-state index in [2.05, 4.69) is 47.3 Å². The Morgan fingerprint density at radius 2 is 1.08 bits per heavy atom. The van der Waals surface area contributed by atoms with E-state index in [1.54, 1.807) is 0 Å². The lowest BCUT2D eigenvalue weighted by Crippen LogP contribution is -2.06. The van der Waals surface area contributed by atoms with E-state index in [0.717, 1.165) is 44.3 Å². The number of hydrogen-bond donors (Lipinski definition) is 0. The van der Waals surface area contributed by atoms with Gasteiger partial charge in [0.1, 0.15) is 38.6 Å². The lowest BCUT2D eigenvalue weighted by Gasteiger charge is -2.14. The third-order valence-electron chi connectivity index (χ3n) is 4.46. The molecule has 0 saturated carbocycles. The fourth-order valence-electron chi connectivity index (χ4n) is 3.28. The van der Waals surface area contributed by atoms with Crippen molar-refractivity contribution in [3.05, 3.63) is 54.6 Å². The van der Waals surface area contributed by atoms with Crippen LogP contribution >= 0.6 is 0 Å². The van der Waals surface area contributed by atoms with Gasteiger partial charge in [0.25, 0.3) is 0 Å². The SMILES string of the molecule is c1ccc(-n2c3ccccc3nnc3c4nnc4c4nnc4c32)cc1. The standard InChI is InChI=1S/C18H9N7/c1-2-6-10(7-3-1)25-12-9-5-4-8-11(12)19-23-16-14-13(20-21-14)15-17(18(16)25)24-22-15/h1-9H. The molecule has 6 rings (SSSR count). The maximum Gasteiger partial charge on any atom is 0.145 e. The molecule has 25 heavy (non-hydrogen) atoms. The highest BCUT2D eigenvalue weighted by molar-refractivity contribution is 6.20. The first-order chi connectivity index (χ1) is 12.4. The Kier molecular flexibility index (Phi) is 2.23. The predicted octanol–water partition coefficient (Wildman–Crippen LogP) is 2.90. The average molecular weight is 323 g/mol. The molecule has 0 bridgehead atoms. The second-order valence-electron chi connectivity index (χ2n) is 5.85. The van der Waals surface area contributed by atoms with Gasteiger partial charge >= 0.3 is 0 Å². The summed E-state index contributed by atoms with van der Waals surface area (Å²) < 4.78 is 2.12. The first-order valence-electron chi connectivity index (χ1n) is 7.85. The van der Waals surface area contributed by atoms with Crippen LogP contribution in [0.25, 0.3) is 49.8 Å². The first kappa shape index (κ1) is 12.7. The minimum atomic E-state index is 0.683. The summed E-state index contributed by atoms with van der Waals surface area (Å²) in [5, 5.41) is 25.6. The molecule has 0 spiro atoms. The second kappa shape index (κ2) is 4.41. The summed E-state index contributed by atoms with van der Waals surface area (Å²) in [4.78, 5) is 0. The van der Waals surface area contributed by atoms with Crippen LogP contribution in [0.15, 0.2) is 54.6 Å². The van der Waals surface area contributed by atoms with Crippen LogP contribution in [-0.4, -0.2) is 35.2 Å². The highest BCUT2D eigenvalue weighted by Gasteiger charge is 2.22. The summed E-state index contributed by atoms with van der Waals surface area (Å²) >= 11 is 0. The van der Waals surface area contributed by atoms with Crippen molar-refractivity contribution in [1.29, 1.82) is 0 Å². The van der Waals surface area contributed by atoms with Crippen molar-refractivity contribution < 1.29 is 0 Å². The van der Waals surface area contributed by atoms with E-state index in [1.165, 1.54) is 0 Å². The highest BCUT2D eigenvalue weighted by Crippen LogP contribution is 2.33. The van der Waals surface area contributed by atoms with Crippen LogP contribution in [0.3, 0.4) is 0 Å². The minimum absolute atomic E-state index is 0.683. The molecule has 116 valence electrons. The summed E-state index contributed by atoms with van der Waals surface area (Å²) in [6, 6.07) is 18.0. The first-order valence-corrected chi connectivity index (χ1v) is 7.85. The van der Waals surface area contributed by atoms with Crippen LogP contribution in [0.5, 0.6) is 0 Å². The molecule has 7 nitrogen and oxygen atoms in total. The third kappa shape index (κ3) is 1.54. The van der Waals surface area contributed by atoms with Gasteiger partial charge in [0.05, 0.1) is 5.52 Å². The molecule has 0 N–H and O–H groups in total. The maximum absolute atomic E-state index is 4.48. The molecule has 3 heterocycles. The van der Waals surface area contributed by atoms with Crippen molar-refractivity contribution in [1.82, 2.24) is 35.2 Å². The van der Waals surface area contributed by atoms with E-state index in [-0.39, 0.29) is 0 Å². The van der Waals surface area contributed by atoms with Crippen molar-refractivity contribution in [3.63, 3.8) is 0 Å². The second-order valence-corrected chi connectivity index (χ2v) is 5.85. The summed E-state index contributed by atoms with van der Waals surface area (Å²) in [5.41, 5.74) is 7.31. The molecular weight excluding hydrogens is 314 g/mol. The zero-order chi connectivity index (χ0) is 16.4. The molecule has 7 heteroatoms. The number of rotatable bonds is 1. The number of hydrogen-bond acceptors (Lipinski definition) is 6. The Hall–Kier alpha value is -3.74. The molecule has 3 aromatic carbocycles. The monoisotopic (exact) mass is 323 g/mol. The van der Waals surface area contributed by atoms with Gasteiger partial charge in [-0.3, -0.25) is 0 Å². The van der Waals surface area contributed by atoms with Crippen molar-refractivity contribution in [2.75, 3.05) is 0 Å². The van der Waals surface area contributed by atoms with E-state index in [0.29, 0.717) is 5.52 Å². The van der Waals surface area contributed by atoms with E-state index in [4.69, 9.17) is 0 Å². The van der Waals surface area contributed by atoms with Crippen LogP contribution in [0.4, 0.5) is 0 Å². The van der Waals surface area contributed by atoms with Gasteiger partial charge in [0.2, 0.25) is 0 Å². The van der Waals surface area contributed by atoms with Gasteiger partial charge in [-0.2, -0.15) is 0 Å². The zero-order valence-electron chi connectivity index (χ0n) is 12.8. The Balaban J connectivity index is 1.98. The zero-order valence-corrected chi connectivity index (χ0v) is 12.8. The molecule has 3 aromatic heterocycles. The number of nitrogens with zero attached hydrogens (tertiary/aromatic N) is 7. The molecule has 0 fully saturated rings. The Morgan fingerprint density at radius 3 is 1.76 bits per heavy atom. The van der Waals surface area contributed by atoms with Crippen molar-refractivity contribution >= 4 is 44.1 Å². The van der Waals surface area contributed by atoms with Crippen LogP contribution in [0.2, 0.25) is 0 Å². The van der Waals surface area contributed by atoms with Crippen LogP contribution in [-0.2, 0) is 0 Å². The molecular formula is C18H9N7. The number of benzene rings is 3. The van der Waals surface area contributed by atoms with E-state index in [1.807, 2.05) is 42.5 Å². The molecule has 0 atom stereocenters. The van der Waals surface area contributed by atoms with Crippen LogP contribution < -0.4 is 0 Å². The molecule has 0 saturated heterocycles. The van der Waals surface area contributed by atoms with Gasteiger partial charge in [0.15, 0.2) is 0 Å². The van der Waals surface area contributed by atoms with E-state index < -0.39 is 0 Å². The topological polar surface area (TPSA) is 82.3 Å². The molecule has 0 aliphatic carbocycles. The summed E-state index contributed by atoms with van der Waals surface area (Å²) in [7, 11) is 0.